The molecule has 0 aromatic rings. The number of hydrogen-bond donors (Lipinski definition) is 4. The Labute approximate surface area is 137 Å². The number of quaternary nitrogens is 4. The fourth-order valence-electron chi connectivity index (χ4n) is 0.780. The molecule has 0 rings (SSSR count). The van der Waals surface area contributed by atoms with E-state index >= 15 is 0 Å². The van der Waals surface area contributed by atoms with Crippen molar-refractivity contribution < 1.29 is 73.7 Å². The molecule has 0 spiro atoms. The highest BCUT2D eigenvalue weighted by atomic mass is 79.9. The van der Waals surface area contributed by atoms with Crippen LogP contribution >= 0.6 is 0 Å². The van der Waals surface area contributed by atoms with Crippen LogP contribution in [0.3, 0.4) is 0 Å². The smallest absolute Gasteiger partial charge is 0.0739 e. The molecule has 0 aliphatic carbocycles. The minimum absolute atomic E-state index is 0. The number of hydrogen-bond acceptors (Lipinski definition) is 0. The molecule has 15 N–H and O–H groups in total. The van der Waals surface area contributed by atoms with Gasteiger partial charge in [-0.3, -0.25) is 0 Å². The average Bonchev–Trinajstić information content (AvgIpc) is 1.81. The fourth-order valence-corrected chi connectivity index (χ4v) is 0.780. The largest absolute Gasteiger partial charge is 1.00 e. The van der Waals surface area contributed by atoms with Crippen molar-refractivity contribution in [3.63, 3.8) is 0 Å². The topological polar surface area (TPSA) is 137 Å². The molecule has 0 bridgehead atoms. The van der Waals surface area contributed by atoms with Gasteiger partial charge in [-0.2, -0.15) is 0 Å². The second kappa shape index (κ2) is 57.0. The van der Waals surface area contributed by atoms with Crippen molar-refractivity contribution in [2.45, 2.75) is 39.0 Å². The van der Waals surface area contributed by atoms with Crippen molar-refractivity contribution in [3.8, 4) is 0 Å². The molecule has 0 aromatic carbocycles. The number of halogens is 4. The second-order valence-corrected chi connectivity index (χ2v) is 2.27. The zero-order valence-electron chi connectivity index (χ0n) is 10.5. The van der Waals surface area contributed by atoms with E-state index in [-0.39, 0.29) is 86.4 Å². The summed E-state index contributed by atoms with van der Waals surface area (Å²) in [6.45, 7) is 3.36. The Morgan fingerprint density at radius 1 is 0.667 bits per heavy atom. The summed E-state index contributed by atoms with van der Waals surface area (Å²) in [6, 6.07) is 0. The molecule has 106 valence electrons. The monoisotopic (exact) mass is 486 g/mol. The Bertz CT molecular complexity index is 48.0. The number of rotatable bonds is 5. The minimum atomic E-state index is 0. The van der Waals surface area contributed by atoms with Gasteiger partial charge in [-0.25, -0.2) is 0 Å². The van der Waals surface area contributed by atoms with Gasteiger partial charge >= 0.3 is 0 Å². The van der Waals surface area contributed by atoms with Crippen molar-refractivity contribution in [3.05, 3.63) is 0 Å². The Hall–Kier alpha value is 1.76. The van der Waals surface area contributed by atoms with Crippen LogP contribution in [-0.2, 0) is 0 Å². The lowest BCUT2D eigenvalue weighted by Gasteiger charge is -1.92. The summed E-state index contributed by atoms with van der Waals surface area (Å²) in [4.78, 5) is 0. The summed E-state index contributed by atoms with van der Waals surface area (Å²) in [5, 5.41) is 0. The van der Waals surface area contributed by atoms with Crippen LogP contribution in [0, 0.1) is 0 Å². The van der Waals surface area contributed by atoms with E-state index in [0.717, 1.165) is 6.54 Å². The standard InChI is InChI=1S/C7H17N.4BrH.3H3N/c1-2-3-4-5-6-7-8;;;;;;;/h2-8H2,1H3;4*1H;3*1H3. The van der Waals surface area contributed by atoms with E-state index < -0.39 is 0 Å². The molecule has 0 radical (unpaired) electrons. The highest BCUT2D eigenvalue weighted by molar-refractivity contribution is 4.38. The first-order valence-electron chi connectivity index (χ1n) is 3.71. The van der Waals surface area contributed by atoms with Gasteiger partial charge in [-0.15, -0.1) is 0 Å². The normalized spacial score (nSPS) is 5.20. The van der Waals surface area contributed by atoms with E-state index in [1.54, 1.807) is 0 Å². The van der Waals surface area contributed by atoms with Gasteiger partial charge < -0.3 is 92.1 Å². The predicted octanol–water partition coefficient (Wildman–Crippen LogP) is -9.66. The molecular formula is C7H30Br4N4. The van der Waals surface area contributed by atoms with E-state index in [4.69, 9.17) is 0 Å². The summed E-state index contributed by atoms with van der Waals surface area (Å²) >= 11 is 0. The third kappa shape index (κ3) is 65.3. The van der Waals surface area contributed by atoms with Gasteiger partial charge in [0.1, 0.15) is 0 Å². The molecule has 0 aliphatic heterocycles. The van der Waals surface area contributed by atoms with Gasteiger partial charge in [-0.1, -0.05) is 26.2 Å². The summed E-state index contributed by atoms with van der Waals surface area (Å²) in [5.74, 6) is 0. The van der Waals surface area contributed by atoms with Crippen molar-refractivity contribution in [1.29, 1.82) is 0 Å². The maximum Gasteiger partial charge on any atom is 0.0739 e. The molecule has 0 aromatic heterocycles. The zero-order valence-corrected chi connectivity index (χ0v) is 16.8. The van der Waals surface area contributed by atoms with E-state index in [9.17, 15) is 0 Å². The third-order valence-corrected chi connectivity index (χ3v) is 1.35. The van der Waals surface area contributed by atoms with Crippen LogP contribution in [0.25, 0.3) is 0 Å². The van der Waals surface area contributed by atoms with Crippen LogP contribution < -0.4 is 92.1 Å². The maximum atomic E-state index is 3.78. The average molecular weight is 490 g/mol. The Kier molecular flexibility index (Phi) is 206. The first-order valence-corrected chi connectivity index (χ1v) is 3.71. The molecule has 0 aliphatic rings. The number of unbranched alkanes of at least 4 members (excludes halogenated alkanes) is 4. The van der Waals surface area contributed by atoms with E-state index in [2.05, 4.69) is 12.7 Å². The van der Waals surface area contributed by atoms with Crippen molar-refractivity contribution >= 4 is 0 Å². The van der Waals surface area contributed by atoms with Gasteiger partial charge in [-0.05, 0) is 12.8 Å². The maximum absolute atomic E-state index is 3.78. The zero-order chi connectivity index (χ0) is 6.24. The highest BCUT2D eigenvalue weighted by Crippen LogP contribution is 1.99. The predicted molar refractivity (Wildman–Crippen MR) is 54.5 cm³/mol. The van der Waals surface area contributed by atoms with Crippen LogP contribution in [0.4, 0.5) is 0 Å². The molecular weight excluding hydrogens is 460 g/mol. The molecule has 15 heavy (non-hydrogen) atoms. The molecule has 0 heterocycles. The van der Waals surface area contributed by atoms with Crippen molar-refractivity contribution in [1.82, 2.24) is 18.5 Å². The van der Waals surface area contributed by atoms with Crippen LogP contribution in [0.1, 0.15) is 39.0 Å². The Morgan fingerprint density at radius 2 is 1.00 bits per heavy atom. The van der Waals surface area contributed by atoms with Crippen molar-refractivity contribution in [2.24, 2.45) is 0 Å². The van der Waals surface area contributed by atoms with Crippen LogP contribution in [0.15, 0.2) is 0 Å². The summed E-state index contributed by atoms with van der Waals surface area (Å²) in [7, 11) is 0. The first kappa shape index (κ1) is 54.2. The molecule has 4 nitrogen and oxygen atoms in total. The minimum Gasteiger partial charge on any atom is -1.00 e. The SMILES string of the molecule is CCCCCCC[NH3+].[Br-].[Br-].[Br-].[Br-].[NH4+].[NH4+].[NH4+]. The Morgan fingerprint density at radius 3 is 1.27 bits per heavy atom. The van der Waals surface area contributed by atoms with Gasteiger partial charge in [0.05, 0.1) is 6.54 Å². The Balaban J connectivity index is -0.0000000117. The molecule has 0 saturated carbocycles. The molecule has 0 atom stereocenters. The lowest BCUT2D eigenvalue weighted by molar-refractivity contribution is -0.368. The molecule has 0 unspecified atom stereocenters. The lowest BCUT2D eigenvalue weighted by atomic mass is 10.2. The van der Waals surface area contributed by atoms with Crippen LogP contribution in [0.2, 0.25) is 0 Å². The van der Waals surface area contributed by atoms with Gasteiger partial charge in [0.2, 0.25) is 0 Å². The van der Waals surface area contributed by atoms with Gasteiger partial charge in [0, 0.05) is 0 Å². The van der Waals surface area contributed by atoms with Gasteiger partial charge in [0.15, 0.2) is 0 Å². The van der Waals surface area contributed by atoms with E-state index in [0.29, 0.717) is 0 Å². The summed E-state index contributed by atoms with van der Waals surface area (Å²) in [6.07, 6.45) is 6.86. The van der Waals surface area contributed by atoms with Gasteiger partial charge in [0.25, 0.3) is 0 Å². The molecule has 0 amide bonds. The second-order valence-electron chi connectivity index (χ2n) is 2.27. The first-order chi connectivity index (χ1) is 3.91. The summed E-state index contributed by atoms with van der Waals surface area (Å²) < 4.78 is 0. The highest BCUT2D eigenvalue weighted by Gasteiger charge is 1.85. The quantitative estimate of drug-likeness (QED) is 0.273. The van der Waals surface area contributed by atoms with Crippen LogP contribution in [0.5, 0.6) is 0 Å². The van der Waals surface area contributed by atoms with E-state index in [1.807, 2.05) is 0 Å². The molecule has 0 saturated heterocycles. The molecule has 0 fully saturated rings. The third-order valence-electron chi connectivity index (χ3n) is 1.35. The van der Waals surface area contributed by atoms with Crippen LogP contribution in [-0.4, -0.2) is 6.54 Å². The van der Waals surface area contributed by atoms with Crippen molar-refractivity contribution in [2.75, 3.05) is 6.54 Å². The summed E-state index contributed by atoms with van der Waals surface area (Å²) in [5.41, 5.74) is 3.78. The van der Waals surface area contributed by atoms with E-state index in [1.165, 1.54) is 32.1 Å². The lowest BCUT2D eigenvalue weighted by Crippen LogP contribution is -3.00. The molecule has 8 heteroatoms. The fraction of sp³-hybridized carbons (Fsp3) is 1.00.